The molecule has 0 N–H and O–H groups in total. The molecule has 1 aromatic heterocycles. The zero-order valence-corrected chi connectivity index (χ0v) is 12.4. The topological polar surface area (TPSA) is 85.8 Å². The maximum Gasteiger partial charge on any atom is 0.194 e. The molecular weight excluding hydrogens is 294 g/mol. The monoisotopic (exact) mass is 307 g/mol. The molecule has 0 amide bonds. The van der Waals surface area contributed by atoms with E-state index in [2.05, 4.69) is 21.6 Å². The van der Waals surface area contributed by atoms with E-state index in [0.717, 1.165) is 5.69 Å². The molecule has 7 heteroatoms. The zero-order valence-electron chi connectivity index (χ0n) is 12.4. The van der Waals surface area contributed by atoms with Crippen LogP contribution in [-0.4, -0.2) is 27.3 Å². The van der Waals surface area contributed by atoms with Gasteiger partial charge in [-0.2, -0.15) is 9.94 Å². The molecule has 0 aliphatic heterocycles. The summed E-state index contributed by atoms with van der Waals surface area (Å²) in [7, 11) is 1.53. The summed E-state index contributed by atoms with van der Waals surface area (Å²) in [6.45, 7) is 0.171. The number of aromatic nitrogens is 4. The Hall–Kier alpha value is -3.40. The van der Waals surface area contributed by atoms with Crippen LogP contribution in [0.25, 0.3) is 5.69 Å². The number of para-hydroxylation sites is 1. The van der Waals surface area contributed by atoms with E-state index in [4.69, 9.17) is 14.7 Å². The Morgan fingerprint density at radius 1 is 1.13 bits per heavy atom. The molecule has 0 saturated heterocycles. The summed E-state index contributed by atoms with van der Waals surface area (Å²) >= 11 is 0. The van der Waals surface area contributed by atoms with E-state index in [1.165, 1.54) is 7.11 Å². The van der Waals surface area contributed by atoms with Crippen LogP contribution in [0, 0.1) is 11.3 Å². The molecule has 0 aliphatic rings. The largest absolute Gasteiger partial charge is 0.493 e. The fourth-order valence-electron chi connectivity index (χ4n) is 2.06. The molecule has 3 rings (SSSR count). The SMILES string of the molecule is COc1cc(C#N)ccc1OCc1nnnn1-c1ccccc1. The van der Waals surface area contributed by atoms with Gasteiger partial charge in [-0.15, -0.1) is 5.10 Å². The Labute approximate surface area is 132 Å². The number of hydrogen-bond acceptors (Lipinski definition) is 6. The summed E-state index contributed by atoms with van der Waals surface area (Å²) in [5.41, 5.74) is 1.35. The number of methoxy groups -OCH3 is 1. The van der Waals surface area contributed by atoms with Gasteiger partial charge >= 0.3 is 0 Å². The zero-order chi connectivity index (χ0) is 16.1. The van der Waals surface area contributed by atoms with E-state index in [-0.39, 0.29) is 6.61 Å². The van der Waals surface area contributed by atoms with Gasteiger partial charge in [-0.25, -0.2) is 0 Å². The number of hydrogen-bond donors (Lipinski definition) is 0. The second-order valence-electron chi connectivity index (χ2n) is 4.61. The third-order valence-corrected chi connectivity index (χ3v) is 3.18. The molecule has 0 fully saturated rings. The van der Waals surface area contributed by atoms with E-state index in [1.54, 1.807) is 22.9 Å². The first-order chi connectivity index (χ1) is 11.3. The quantitative estimate of drug-likeness (QED) is 0.717. The molecule has 114 valence electrons. The van der Waals surface area contributed by atoms with Gasteiger partial charge in [-0.3, -0.25) is 0 Å². The second-order valence-corrected chi connectivity index (χ2v) is 4.61. The smallest absolute Gasteiger partial charge is 0.194 e. The Bertz CT molecular complexity index is 839. The Morgan fingerprint density at radius 3 is 2.70 bits per heavy atom. The first-order valence-corrected chi connectivity index (χ1v) is 6.85. The maximum absolute atomic E-state index is 8.91. The van der Waals surface area contributed by atoms with Gasteiger partial charge in [0.05, 0.1) is 24.4 Å². The number of rotatable bonds is 5. The van der Waals surface area contributed by atoms with Crippen molar-refractivity contribution in [2.75, 3.05) is 7.11 Å². The van der Waals surface area contributed by atoms with E-state index in [0.29, 0.717) is 22.9 Å². The first kappa shape index (κ1) is 14.5. The van der Waals surface area contributed by atoms with Crippen LogP contribution in [0.4, 0.5) is 0 Å². The van der Waals surface area contributed by atoms with Crippen LogP contribution in [0.15, 0.2) is 48.5 Å². The Kier molecular flexibility index (Phi) is 4.16. The lowest BCUT2D eigenvalue weighted by molar-refractivity contribution is 0.273. The van der Waals surface area contributed by atoms with Gasteiger partial charge in [-0.05, 0) is 34.7 Å². The average molecular weight is 307 g/mol. The van der Waals surface area contributed by atoms with E-state index < -0.39 is 0 Å². The highest BCUT2D eigenvalue weighted by Crippen LogP contribution is 2.28. The molecule has 2 aromatic carbocycles. The Balaban J connectivity index is 1.80. The molecule has 1 heterocycles. The van der Waals surface area contributed by atoms with Crippen molar-refractivity contribution in [1.82, 2.24) is 20.2 Å². The minimum atomic E-state index is 0.171. The van der Waals surface area contributed by atoms with Crippen molar-refractivity contribution in [3.8, 4) is 23.3 Å². The maximum atomic E-state index is 8.91. The minimum absolute atomic E-state index is 0.171. The highest BCUT2D eigenvalue weighted by Gasteiger charge is 2.11. The van der Waals surface area contributed by atoms with E-state index in [9.17, 15) is 0 Å². The number of benzene rings is 2. The highest BCUT2D eigenvalue weighted by atomic mass is 16.5. The minimum Gasteiger partial charge on any atom is -0.493 e. The highest BCUT2D eigenvalue weighted by molar-refractivity contribution is 5.46. The van der Waals surface area contributed by atoms with Gasteiger partial charge in [0.2, 0.25) is 0 Å². The van der Waals surface area contributed by atoms with Crippen LogP contribution in [0.3, 0.4) is 0 Å². The molecule has 0 spiro atoms. The van der Waals surface area contributed by atoms with E-state index >= 15 is 0 Å². The summed E-state index contributed by atoms with van der Waals surface area (Å²) in [5, 5.41) is 20.6. The summed E-state index contributed by atoms with van der Waals surface area (Å²) in [6.07, 6.45) is 0. The molecular formula is C16H13N5O2. The standard InChI is InChI=1S/C16H13N5O2/c1-22-15-9-12(10-17)7-8-14(15)23-11-16-18-19-20-21(16)13-5-3-2-4-6-13/h2-9H,11H2,1H3. The molecule has 0 atom stereocenters. The van der Waals surface area contributed by atoms with Crippen LogP contribution in [0.5, 0.6) is 11.5 Å². The lowest BCUT2D eigenvalue weighted by atomic mass is 10.2. The van der Waals surface area contributed by atoms with Gasteiger partial charge in [0.1, 0.15) is 0 Å². The summed E-state index contributed by atoms with van der Waals surface area (Å²) in [5.74, 6) is 1.57. The second kappa shape index (κ2) is 6.58. The summed E-state index contributed by atoms with van der Waals surface area (Å²) in [4.78, 5) is 0. The predicted octanol–water partition coefficient (Wildman–Crippen LogP) is 2.12. The number of tetrazole rings is 1. The molecule has 0 unspecified atom stereocenters. The van der Waals surface area contributed by atoms with Crippen molar-refractivity contribution in [2.24, 2.45) is 0 Å². The fourth-order valence-corrected chi connectivity index (χ4v) is 2.06. The van der Waals surface area contributed by atoms with Gasteiger partial charge in [0.15, 0.2) is 23.9 Å². The molecule has 23 heavy (non-hydrogen) atoms. The van der Waals surface area contributed by atoms with Crippen LogP contribution in [-0.2, 0) is 6.61 Å². The van der Waals surface area contributed by atoms with Crippen LogP contribution >= 0.6 is 0 Å². The van der Waals surface area contributed by atoms with E-state index in [1.807, 2.05) is 30.3 Å². The van der Waals surface area contributed by atoms with Gasteiger partial charge in [0.25, 0.3) is 0 Å². The van der Waals surface area contributed by atoms with Crippen molar-refractivity contribution in [3.05, 3.63) is 59.9 Å². The molecule has 0 saturated carbocycles. The molecule has 0 radical (unpaired) electrons. The fraction of sp³-hybridized carbons (Fsp3) is 0.125. The molecule has 7 nitrogen and oxygen atoms in total. The van der Waals surface area contributed by atoms with Crippen LogP contribution in [0.1, 0.15) is 11.4 Å². The van der Waals surface area contributed by atoms with Crippen molar-refractivity contribution < 1.29 is 9.47 Å². The lowest BCUT2D eigenvalue weighted by Crippen LogP contribution is -2.07. The van der Waals surface area contributed by atoms with Gasteiger partial charge in [-0.1, -0.05) is 18.2 Å². The predicted molar refractivity (Wildman–Crippen MR) is 81.2 cm³/mol. The lowest BCUT2D eigenvalue weighted by Gasteiger charge is -2.10. The molecule has 3 aromatic rings. The van der Waals surface area contributed by atoms with Crippen molar-refractivity contribution in [3.63, 3.8) is 0 Å². The average Bonchev–Trinajstić information content (AvgIpc) is 3.09. The van der Waals surface area contributed by atoms with Crippen LogP contribution in [0.2, 0.25) is 0 Å². The van der Waals surface area contributed by atoms with Crippen LogP contribution < -0.4 is 9.47 Å². The third-order valence-electron chi connectivity index (χ3n) is 3.18. The van der Waals surface area contributed by atoms with Gasteiger partial charge in [0, 0.05) is 6.07 Å². The summed E-state index contributed by atoms with van der Waals surface area (Å²) in [6, 6.07) is 16.6. The third kappa shape index (κ3) is 3.11. The van der Waals surface area contributed by atoms with Crippen molar-refractivity contribution in [2.45, 2.75) is 6.61 Å². The molecule has 0 bridgehead atoms. The van der Waals surface area contributed by atoms with Crippen molar-refractivity contribution >= 4 is 0 Å². The Morgan fingerprint density at radius 2 is 1.96 bits per heavy atom. The number of ether oxygens (including phenoxy) is 2. The molecule has 0 aliphatic carbocycles. The number of nitriles is 1. The number of nitrogens with zero attached hydrogens (tertiary/aromatic N) is 5. The first-order valence-electron chi connectivity index (χ1n) is 6.85. The van der Waals surface area contributed by atoms with Crippen molar-refractivity contribution in [1.29, 1.82) is 5.26 Å². The van der Waals surface area contributed by atoms with Gasteiger partial charge < -0.3 is 9.47 Å². The summed E-state index contributed by atoms with van der Waals surface area (Å²) < 4.78 is 12.6. The normalized spacial score (nSPS) is 10.1.